The summed E-state index contributed by atoms with van der Waals surface area (Å²) in [6.45, 7) is 3.33. The van der Waals surface area contributed by atoms with Crippen molar-refractivity contribution in [3.05, 3.63) is 82.6 Å². The van der Waals surface area contributed by atoms with Crippen molar-refractivity contribution in [1.82, 2.24) is 20.4 Å². The molecule has 4 rings (SSSR count). The lowest BCUT2D eigenvalue weighted by atomic mass is 9.84. The van der Waals surface area contributed by atoms with Crippen molar-refractivity contribution in [2.24, 2.45) is 0 Å². The highest BCUT2D eigenvalue weighted by atomic mass is 19.2. The van der Waals surface area contributed by atoms with Crippen molar-refractivity contribution >= 4 is 24.0 Å². The first-order valence-corrected chi connectivity index (χ1v) is 14.2. The number of halogens is 2. The number of methoxy groups -OCH3 is 2. The molecule has 2 aromatic carbocycles. The zero-order valence-corrected chi connectivity index (χ0v) is 24.9. The van der Waals surface area contributed by atoms with Gasteiger partial charge in [0.25, 0.3) is 0 Å². The highest BCUT2D eigenvalue weighted by Crippen LogP contribution is 2.37. The van der Waals surface area contributed by atoms with Crippen LogP contribution in [0.2, 0.25) is 0 Å². The molecule has 13 heteroatoms. The maximum atomic E-state index is 14.3. The molecule has 1 fully saturated rings. The second-order valence-corrected chi connectivity index (χ2v) is 10.6. The molecule has 2 aliphatic heterocycles. The molecule has 11 nitrogen and oxygen atoms in total. The number of piperidine rings is 1. The minimum Gasteiger partial charge on any atom is -0.466 e. The molecule has 2 aliphatic rings. The number of carbonyl (C=O) groups is 4. The Hall–Kier alpha value is -4.36. The topological polar surface area (TPSA) is 127 Å². The molecule has 44 heavy (non-hydrogen) atoms. The van der Waals surface area contributed by atoms with Gasteiger partial charge >= 0.3 is 24.0 Å². The molecule has 236 valence electrons. The van der Waals surface area contributed by atoms with Gasteiger partial charge in [0.15, 0.2) is 11.6 Å². The van der Waals surface area contributed by atoms with E-state index >= 15 is 0 Å². The smallest absolute Gasteiger partial charge is 0.338 e. The molecule has 2 aromatic rings. The third-order valence-electron chi connectivity index (χ3n) is 7.74. The number of urea groups is 2. The van der Waals surface area contributed by atoms with Crippen molar-refractivity contribution < 1.29 is 42.2 Å². The Morgan fingerprint density at radius 3 is 2.36 bits per heavy atom. The summed E-state index contributed by atoms with van der Waals surface area (Å²) in [6, 6.07) is 9.39. The summed E-state index contributed by atoms with van der Waals surface area (Å²) in [5.74, 6) is -3.56. The fraction of sp³-hybridized carbons (Fsp3) is 0.419. The van der Waals surface area contributed by atoms with Gasteiger partial charge in [0, 0.05) is 46.5 Å². The van der Waals surface area contributed by atoms with Crippen molar-refractivity contribution in [2.45, 2.75) is 37.8 Å². The lowest BCUT2D eigenvalue weighted by Gasteiger charge is -2.41. The summed E-state index contributed by atoms with van der Waals surface area (Å²) in [4.78, 5) is 54.2. The lowest BCUT2D eigenvalue weighted by Crippen LogP contribution is -2.55. The molecule has 0 saturated carbocycles. The number of nitrogens with zero attached hydrogens (tertiary/aromatic N) is 2. The van der Waals surface area contributed by atoms with E-state index in [2.05, 4.69) is 15.5 Å². The Kier molecular flexibility index (Phi) is 10.7. The molecule has 0 bridgehead atoms. The van der Waals surface area contributed by atoms with Crippen molar-refractivity contribution in [3.8, 4) is 0 Å². The van der Waals surface area contributed by atoms with Crippen LogP contribution in [-0.4, -0.2) is 80.8 Å². The van der Waals surface area contributed by atoms with E-state index in [4.69, 9.17) is 14.2 Å². The number of carbonyl (C=O) groups excluding carboxylic acids is 4. The second-order valence-electron chi connectivity index (χ2n) is 10.6. The van der Waals surface area contributed by atoms with Gasteiger partial charge in [-0.3, -0.25) is 4.79 Å². The Morgan fingerprint density at radius 1 is 1.05 bits per heavy atom. The van der Waals surface area contributed by atoms with Gasteiger partial charge in [-0.15, -0.1) is 0 Å². The summed E-state index contributed by atoms with van der Waals surface area (Å²) in [5, 5.41) is 5.18. The molecular formula is C31H36F2N4O7. The third kappa shape index (κ3) is 7.22. The normalized spacial score (nSPS) is 18.4. The van der Waals surface area contributed by atoms with E-state index in [9.17, 15) is 28.0 Å². The van der Waals surface area contributed by atoms with Crippen LogP contribution in [0.15, 0.2) is 59.8 Å². The zero-order chi connectivity index (χ0) is 31.9. The van der Waals surface area contributed by atoms with E-state index in [1.807, 2.05) is 30.3 Å². The molecule has 0 aliphatic carbocycles. The highest BCUT2D eigenvalue weighted by molar-refractivity contribution is 6.01. The van der Waals surface area contributed by atoms with Gasteiger partial charge < -0.3 is 29.7 Å². The van der Waals surface area contributed by atoms with Crippen LogP contribution in [0.3, 0.4) is 0 Å². The van der Waals surface area contributed by atoms with Gasteiger partial charge in [0.1, 0.15) is 11.6 Å². The Morgan fingerprint density at radius 2 is 1.75 bits per heavy atom. The quantitative estimate of drug-likeness (QED) is 0.306. The van der Waals surface area contributed by atoms with Crippen molar-refractivity contribution in [2.75, 3.05) is 47.0 Å². The van der Waals surface area contributed by atoms with E-state index < -0.39 is 41.3 Å². The number of ether oxygens (including phenoxy) is 3. The largest absolute Gasteiger partial charge is 0.466 e. The van der Waals surface area contributed by atoms with Crippen LogP contribution in [0.1, 0.15) is 43.4 Å². The van der Waals surface area contributed by atoms with Gasteiger partial charge in [-0.05, 0) is 36.2 Å². The van der Waals surface area contributed by atoms with E-state index in [-0.39, 0.29) is 36.0 Å². The first kappa shape index (κ1) is 32.6. The molecular weight excluding hydrogens is 578 g/mol. The first-order chi connectivity index (χ1) is 21.1. The van der Waals surface area contributed by atoms with Crippen LogP contribution in [-0.2, 0) is 29.4 Å². The van der Waals surface area contributed by atoms with Gasteiger partial charge in [-0.25, -0.2) is 28.1 Å². The average molecular weight is 615 g/mol. The number of benzene rings is 2. The Labute approximate surface area is 254 Å². The number of likely N-dealkylation sites (tertiary alicyclic amines) is 1. The fourth-order valence-electron chi connectivity index (χ4n) is 5.67. The van der Waals surface area contributed by atoms with E-state index in [0.717, 1.165) is 29.7 Å². The average Bonchev–Trinajstić information content (AvgIpc) is 3.01. The number of imide groups is 1. The van der Waals surface area contributed by atoms with Crippen molar-refractivity contribution in [1.29, 1.82) is 0 Å². The minimum absolute atomic E-state index is 0.00843. The molecule has 2 heterocycles. The molecule has 1 saturated heterocycles. The van der Waals surface area contributed by atoms with Crippen LogP contribution in [0, 0.1) is 11.6 Å². The van der Waals surface area contributed by atoms with Gasteiger partial charge in [0.05, 0.1) is 25.0 Å². The van der Waals surface area contributed by atoms with Crippen LogP contribution in [0.25, 0.3) is 0 Å². The van der Waals surface area contributed by atoms with Crippen LogP contribution < -0.4 is 10.6 Å². The molecule has 0 spiro atoms. The van der Waals surface area contributed by atoms with Gasteiger partial charge in [-0.2, -0.15) is 0 Å². The lowest BCUT2D eigenvalue weighted by molar-refractivity contribution is -0.164. The molecule has 0 aromatic heterocycles. The summed E-state index contributed by atoms with van der Waals surface area (Å²) in [5.41, 5.74) is 0.130. The third-order valence-corrected chi connectivity index (χ3v) is 7.74. The number of hydrogen-bond donors (Lipinski definition) is 2. The van der Waals surface area contributed by atoms with Crippen LogP contribution in [0.4, 0.5) is 18.4 Å². The highest BCUT2D eigenvalue weighted by Gasteiger charge is 2.43. The molecule has 2 N–H and O–H groups in total. The zero-order valence-electron chi connectivity index (χ0n) is 24.9. The fourth-order valence-corrected chi connectivity index (χ4v) is 5.67. The number of rotatable bonds is 10. The van der Waals surface area contributed by atoms with Gasteiger partial charge in [0.2, 0.25) is 0 Å². The maximum Gasteiger partial charge on any atom is 0.338 e. The molecule has 0 radical (unpaired) electrons. The molecule has 1 atom stereocenters. The van der Waals surface area contributed by atoms with E-state index in [1.165, 1.54) is 20.1 Å². The SMILES string of the molecule is COCC1=C(C(=O)OC)C(c2ccc(F)c(F)c2)N(C(=O)NCCCN2CCC(OC(C)=O)(c3ccccc3)CC2)C(=O)N1. The van der Waals surface area contributed by atoms with Crippen molar-refractivity contribution in [3.63, 3.8) is 0 Å². The summed E-state index contributed by atoms with van der Waals surface area (Å²) in [6.07, 6.45) is 1.75. The Balaban J connectivity index is 1.43. The van der Waals surface area contributed by atoms with E-state index in [1.54, 1.807) is 0 Å². The number of esters is 2. The number of nitrogens with one attached hydrogen (secondary N) is 2. The monoisotopic (exact) mass is 614 g/mol. The predicted molar refractivity (Wildman–Crippen MR) is 154 cm³/mol. The number of hydrogen-bond acceptors (Lipinski definition) is 8. The summed E-state index contributed by atoms with van der Waals surface area (Å²) >= 11 is 0. The Bertz CT molecular complexity index is 1410. The standard InChI is InChI=1S/C31H36F2N4O7/c1-20(38)44-31(22-8-5-4-6-9-22)12-16-36(17-13-31)15-7-14-34-29(40)37-27(21-10-11-23(32)24(33)18-21)26(28(39)43-3)25(19-42-2)35-30(37)41/h4-6,8-11,18,27H,7,12-17,19H2,1-3H3,(H,34,40)(H,35,41). The predicted octanol–water partition coefficient (Wildman–Crippen LogP) is 3.76. The number of amides is 4. The van der Waals surface area contributed by atoms with Gasteiger partial charge in [-0.1, -0.05) is 36.4 Å². The maximum absolute atomic E-state index is 14.3. The summed E-state index contributed by atoms with van der Waals surface area (Å²) < 4.78 is 43.9. The minimum atomic E-state index is -1.41. The first-order valence-electron chi connectivity index (χ1n) is 14.2. The van der Waals surface area contributed by atoms with Crippen LogP contribution in [0.5, 0.6) is 0 Å². The second kappa shape index (κ2) is 14.4. The molecule has 4 amide bonds. The van der Waals surface area contributed by atoms with E-state index in [0.29, 0.717) is 38.9 Å². The summed E-state index contributed by atoms with van der Waals surface area (Å²) in [7, 11) is 2.47. The van der Waals surface area contributed by atoms with Crippen LogP contribution >= 0.6 is 0 Å². The molecule has 1 unspecified atom stereocenters.